The van der Waals surface area contributed by atoms with Crippen molar-refractivity contribution in [1.29, 1.82) is 5.26 Å². The predicted octanol–water partition coefficient (Wildman–Crippen LogP) is 1.54. The van der Waals surface area contributed by atoms with Crippen molar-refractivity contribution in [2.24, 2.45) is 5.73 Å². The van der Waals surface area contributed by atoms with Crippen LogP contribution in [0.4, 0.5) is 8.78 Å². The van der Waals surface area contributed by atoms with Crippen molar-refractivity contribution in [3.8, 4) is 6.07 Å². The average molecular weight is 349 g/mol. The number of nitrogens with zero attached hydrogens (tertiary/aromatic N) is 3. The molecule has 5 nitrogen and oxygen atoms in total. The molecule has 0 aromatic heterocycles. The summed E-state index contributed by atoms with van der Waals surface area (Å²) in [5, 5.41) is 9.27. The highest BCUT2D eigenvalue weighted by molar-refractivity contribution is 5.97. The van der Waals surface area contributed by atoms with E-state index >= 15 is 0 Å². The van der Waals surface area contributed by atoms with Gasteiger partial charge in [0.05, 0.1) is 6.54 Å². The number of hydrogen-bond donors (Lipinski definition) is 1. The van der Waals surface area contributed by atoms with Gasteiger partial charge in [0, 0.05) is 37.6 Å². The summed E-state index contributed by atoms with van der Waals surface area (Å²) < 4.78 is 26.8. The van der Waals surface area contributed by atoms with Crippen LogP contribution in [-0.4, -0.2) is 59.4 Å². The SMILES string of the molecule is CC(C)(C=C(C#N)C(=O)N1CC[C@H](N)C1)N1CCC(F)(F)C1.Cl. The fraction of sp³-hybridized carbons (Fsp3) is 0.733. The second-order valence-electron chi connectivity index (χ2n) is 6.65. The van der Waals surface area contributed by atoms with E-state index in [1.807, 2.05) is 6.07 Å². The molecule has 2 rings (SSSR count). The van der Waals surface area contributed by atoms with Gasteiger partial charge in [-0.2, -0.15) is 5.26 Å². The number of hydrogen-bond acceptors (Lipinski definition) is 4. The third kappa shape index (κ3) is 4.63. The second kappa shape index (κ2) is 7.12. The maximum atomic E-state index is 13.4. The summed E-state index contributed by atoms with van der Waals surface area (Å²) in [4.78, 5) is 15.5. The van der Waals surface area contributed by atoms with E-state index in [1.165, 1.54) is 6.08 Å². The lowest BCUT2D eigenvalue weighted by atomic mass is 9.99. The molecule has 0 aromatic rings. The largest absolute Gasteiger partial charge is 0.336 e. The molecule has 130 valence electrons. The first-order chi connectivity index (χ1) is 10.1. The van der Waals surface area contributed by atoms with E-state index in [-0.39, 0.29) is 49.4 Å². The molecule has 0 saturated carbocycles. The molecule has 1 amide bonds. The Kier molecular flexibility index (Phi) is 6.13. The maximum absolute atomic E-state index is 13.4. The maximum Gasteiger partial charge on any atom is 0.264 e. The monoisotopic (exact) mass is 348 g/mol. The smallest absolute Gasteiger partial charge is 0.264 e. The van der Waals surface area contributed by atoms with Crippen LogP contribution in [-0.2, 0) is 4.79 Å². The van der Waals surface area contributed by atoms with E-state index < -0.39 is 11.5 Å². The highest BCUT2D eigenvalue weighted by Gasteiger charge is 2.43. The molecule has 8 heteroatoms. The van der Waals surface area contributed by atoms with E-state index in [0.717, 1.165) is 0 Å². The fourth-order valence-corrected chi connectivity index (χ4v) is 2.96. The third-order valence-corrected chi connectivity index (χ3v) is 4.35. The molecule has 2 saturated heterocycles. The lowest BCUT2D eigenvalue weighted by molar-refractivity contribution is -0.125. The van der Waals surface area contributed by atoms with Gasteiger partial charge in [0.15, 0.2) is 0 Å². The van der Waals surface area contributed by atoms with Crippen LogP contribution in [0.1, 0.15) is 26.7 Å². The number of carbonyl (C=O) groups excluding carboxylic acids is 1. The molecule has 0 aliphatic carbocycles. The van der Waals surface area contributed by atoms with Crippen molar-refractivity contribution in [1.82, 2.24) is 9.80 Å². The van der Waals surface area contributed by atoms with Gasteiger partial charge < -0.3 is 10.6 Å². The fourth-order valence-electron chi connectivity index (χ4n) is 2.96. The number of rotatable bonds is 3. The van der Waals surface area contributed by atoms with Crippen LogP contribution < -0.4 is 5.73 Å². The molecule has 1 atom stereocenters. The number of alkyl halides is 2. The first-order valence-electron chi connectivity index (χ1n) is 7.45. The standard InChI is InChI=1S/C15H22F2N4O.ClH/c1-14(2,21-6-4-15(16,17)10-21)7-11(8-18)13(22)20-5-3-12(19)9-20;/h7,12H,3-6,9-10,19H2,1-2H3;1H/t12-;/m0./s1. The summed E-state index contributed by atoms with van der Waals surface area (Å²) >= 11 is 0. The Morgan fingerprint density at radius 1 is 1.43 bits per heavy atom. The zero-order valence-electron chi connectivity index (χ0n) is 13.4. The van der Waals surface area contributed by atoms with Gasteiger partial charge >= 0.3 is 0 Å². The van der Waals surface area contributed by atoms with Crippen molar-refractivity contribution in [3.63, 3.8) is 0 Å². The van der Waals surface area contributed by atoms with Gasteiger partial charge in [0.1, 0.15) is 11.6 Å². The molecule has 0 spiro atoms. The number of nitrogens with two attached hydrogens (primary N) is 1. The van der Waals surface area contributed by atoms with E-state index in [4.69, 9.17) is 5.73 Å². The van der Waals surface area contributed by atoms with Crippen LogP contribution in [0.15, 0.2) is 11.6 Å². The molecular formula is C15H23ClF2N4O. The van der Waals surface area contributed by atoms with E-state index in [0.29, 0.717) is 19.5 Å². The number of likely N-dealkylation sites (tertiary alicyclic amines) is 2. The molecule has 0 bridgehead atoms. The second-order valence-corrected chi connectivity index (χ2v) is 6.65. The Labute approximate surface area is 141 Å². The normalized spacial score (nSPS) is 25.1. The van der Waals surface area contributed by atoms with Crippen LogP contribution in [0.5, 0.6) is 0 Å². The van der Waals surface area contributed by atoms with Gasteiger partial charge in [-0.3, -0.25) is 9.69 Å². The van der Waals surface area contributed by atoms with Crippen molar-refractivity contribution < 1.29 is 13.6 Å². The lowest BCUT2D eigenvalue weighted by Crippen LogP contribution is -2.43. The summed E-state index contributed by atoms with van der Waals surface area (Å²) in [6.07, 6.45) is 2.02. The van der Waals surface area contributed by atoms with Gasteiger partial charge in [-0.25, -0.2) is 8.78 Å². The van der Waals surface area contributed by atoms with E-state index in [9.17, 15) is 18.8 Å². The van der Waals surface area contributed by atoms with Crippen LogP contribution in [0.3, 0.4) is 0 Å². The van der Waals surface area contributed by atoms with Crippen molar-refractivity contribution in [2.45, 2.75) is 44.2 Å². The molecule has 2 fully saturated rings. The van der Waals surface area contributed by atoms with Crippen LogP contribution in [0.25, 0.3) is 0 Å². The summed E-state index contributed by atoms with van der Waals surface area (Å²) in [7, 11) is 0. The van der Waals surface area contributed by atoms with Crippen LogP contribution in [0.2, 0.25) is 0 Å². The number of halogens is 3. The molecule has 23 heavy (non-hydrogen) atoms. The number of nitriles is 1. The minimum atomic E-state index is -2.70. The summed E-state index contributed by atoms with van der Waals surface area (Å²) in [6.45, 7) is 4.35. The van der Waals surface area contributed by atoms with Gasteiger partial charge in [-0.1, -0.05) is 0 Å². The topological polar surface area (TPSA) is 73.4 Å². The first kappa shape index (κ1) is 19.8. The molecule has 2 aliphatic heterocycles. The molecule has 0 aromatic carbocycles. The lowest BCUT2D eigenvalue weighted by Gasteiger charge is -2.33. The Bertz CT molecular complexity index is 530. The highest BCUT2D eigenvalue weighted by atomic mass is 35.5. The first-order valence-corrected chi connectivity index (χ1v) is 7.45. The van der Waals surface area contributed by atoms with Gasteiger partial charge in [0.25, 0.3) is 11.8 Å². The predicted molar refractivity (Wildman–Crippen MR) is 85.3 cm³/mol. The molecular weight excluding hydrogens is 326 g/mol. The van der Waals surface area contributed by atoms with Crippen LogP contribution in [0, 0.1) is 11.3 Å². The summed E-state index contributed by atoms with van der Waals surface area (Å²) in [5.74, 6) is -3.07. The zero-order valence-corrected chi connectivity index (χ0v) is 14.2. The molecule has 0 unspecified atom stereocenters. The van der Waals surface area contributed by atoms with Crippen molar-refractivity contribution >= 4 is 18.3 Å². The Morgan fingerprint density at radius 2 is 2.09 bits per heavy atom. The molecule has 2 heterocycles. The van der Waals surface area contributed by atoms with Crippen molar-refractivity contribution in [2.75, 3.05) is 26.2 Å². The number of carbonyl (C=O) groups is 1. The zero-order chi connectivity index (χ0) is 16.5. The summed E-state index contributed by atoms with van der Waals surface area (Å²) in [6, 6.07) is 1.85. The van der Waals surface area contributed by atoms with Crippen LogP contribution >= 0.6 is 12.4 Å². The Morgan fingerprint density at radius 3 is 2.52 bits per heavy atom. The van der Waals surface area contributed by atoms with E-state index in [1.54, 1.807) is 23.6 Å². The van der Waals surface area contributed by atoms with Gasteiger partial charge in [-0.05, 0) is 26.3 Å². The van der Waals surface area contributed by atoms with Crippen molar-refractivity contribution in [3.05, 3.63) is 11.6 Å². The Balaban J connectivity index is 0.00000264. The molecule has 0 radical (unpaired) electrons. The number of amides is 1. The molecule has 2 aliphatic rings. The third-order valence-electron chi connectivity index (χ3n) is 4.35. The average Bonchev–Trinajstić information content (AvgIpc) is 3.01. The minimum Gasteiger partial charge on any atom is -0.336 e. The summed E-state index contributed by atoms with van der Waals surface area (Å²) in [5.41, 5.74) is 4.99. The van der Waals surface area contributed by atoms with Gasteiger partial charge in [0.2, 0.25) is 0 Å². The molecule has 2 N–H and O–H groups in total. The highest BCUT2D eigenvalue weighted by Crippen LogP contribution is 2.33. The minimum absolute atomic E-state index is 0. The van der Waals surface area contributed by atoms with E-state index in [2.05, 4.69) is 0 Å². The quantitative estimate of drug-likeness (QED) is 0.620. The van der Waals surface area contributed by atoms with Gasteiger partial charge in [-0.15, -0.1) is 12.4 Å². The Hall–Kier alpha value is -1.23.